The number of amides is 1. The highest BCUT2D eigenvalue weighted by Crippen LogP contribution is 2.21. The molecule has 0 saturated carbocycles. The Bertz CT molecular complexity index is 485. The normalized spacial score (nSPS) is 19.3. The molecule has 1 saturated heterocycles. The molecule has 1 unspecified atom stereocenters. The molecule has 4 heteroatoms. The van der Waals surface area contributed by atoms with E-state index in [1.165, 1.54) is 0 Å². The van der Waals surface area contributed by atoms with E-state index in [1.54, 1.807) is 13.0 Å². The van der Waals surface area contributed by atoms with Crippen LogP contribution in [0.4, 0.5) is 0 Å². The van der Waals surface area contributed by atoms with Crippen molar-refractivity contribution in [2.45, 2.75) is 45.6 Å². The lowest BCUT2D eigenvalue weighted by Gasteiger charge is -2.35. The molecule has 0 bridgehead atoms. The first kappa shape index (κ1) is 13.7. The molecule has 0 aromatic carbocycles. The Hall–Kier alpha value is -1.71. The molecule has 19 heavy (non-hydrogen) atoms. The molecule has 1 aliphatic rings. The van der Waals surface area contributed by atoms with Gasteiger partial charge in [-0.3, -0.25) is 9.59 Å². The van der Waals surface area contributed by atoms with Gasteiger partial charge in [0.25, 0.3) is 5.91 Å². The first-order chi connectivity index (χ1) is 9.08. The molecule has 1 atom stereocenters. The van der Waals surface area contributed by atoms with Gasteiger partial charge in [0.2, 0.25) is 0 Å². The molecule has 0 N–H and O–H groups in total. The molecular formula is C15H20N2O2. The minimum atomic E-state index is -0.0466. The van der Waals surface area contributed by atoms with Gasteiger partial charge in [0.1, 0.15) is 11.5 Å². The molecule has 1 fully saturated rings. The number of aromatic nitrogens is 1. The van der Waals surface area contributed by atoms with E-state index in [9.17, 15) is 9.59 Å². The summed E-state index contributed by atoms with van der Waals surface area (Å²) in [6, 6.07) is 5.51. The first-order valence-electron chi connectivity index (χ1n) is 6.82. The summed E-state index contributed by atoms with van der Waals surface area (Å²) in [5, 5.41) is 0. The number of hydrogen-bond acceptors (Lipinski definition) is 3. The van der Waals surface area contributed by atoms with Gasteiger partial charge in [0, 0.05) is 24.7 Å². The van der Waals surface area contributed by atoms with Crippen LogP contribution in [0.15, 0.2) is 18.2 Å². The van der Waals surface area contributed by atoms with Gasteiger partial charge in [0.15, 0.2) is 0 Å². The topological polar surface area (TPSA) is 50.3 Å². The van der Waals surface area contributed by atoms with Crippen LogP contribution in [0.25, 0.3) is 0 Å². The number of Topliss-reactive ketones (excluding diaryl/α,β-unsaturated/α-hetero) is 1. The highest BCUT2D eigenvalue weighted by Gasteiger charge is 2.28. The molecule has 0 aliphatic carbocycles. The molecule has 2 rings (SSSR count). The number of likely N-dealkylation sites (tertiary alicyclic amines) is 1. The van der Waals surface area contributed by atoms with Crippen molar-refractivity contribution < 1.29 is 9.59 Å². The van der Waals surface area contributed by atoms with E-state index in [2.05, 4.69) is 4.98 Å². The summed E-state index contributed by atoms with van der Waals surface area (Å²) in [7, 11) is 0. The lowest BCUT2D eigenvalue weighted by atomic mass is 9.97. The quantitative estimate of drug-likeness (QED) is 0.838. The molecule has 0 radical (unpaired) electrons. The second-order valence-corrected chi connectivity index (χ2v) is 5.22. The van der Waals surface area contributed by atoms with Gasteiger partial charge in [-0.2, -0.15) is 0 Å². The van der Waals surface area contributed by atoms with Crippen LogP contribution in [0, 0.1) is 6.92 Å². The molecule has 102 valence electrons. The SMILES string of the molecule is CC(=O)CC1CCCCN1C(=O)c1cccc(C)n1. The van der Waals surface area contributed by atoms with Crippen molar-refractivity contribution >= 4 is 11.7 Å². The number of hydrogen-bond donors (Lipinski definition) is 0. The van der Waals surface area contributed by atoms with E-state index in [1.807, 2.05) is 24.0 Å². The fourth-order valence-electron chi connectivity index (χ4n) is 2.62. The van der Waals surface area contributed by atoms with Gasteiger partial charge >= 0.3 is 0 Å². The second kappa shape index (κ2) is 5.95. The van der Waals surface area contributed by atoms with Gasteiger partial charge in [-0.05, 0) is 45.2 Å². The fraction of sp³-hybridized carbons (Fsp3) is 0.533. The lowest BCUT2D eigenvalue weighted by molar-refractivity contribution is -0.118. The monoisotopic (exact) mass is 260 g/mol. The molecule has 2 heterocycles. The van der Waals surface area contributed by atoms with Crippen LogP contribution < -0.4 is 0 Å². The van der Waals surface area contributed by atoms with E-state index < -0.39 is 0 Å². The Labute approximate surface area is 113 Å². The molecule has 1 aliphatic heterocycles. The van der Waals surface area contributed by atoms with Crippen molar-refractivity contribution in [3.8, 4) is 0 Å². The Balaban J connectivity index is 2.17. The zero-order chi connectivity index (χ0) is 13.8. The minimum Gasteiger partial charge on any atom is -0.334 e. The Morgan fingerprint density at radius 1 is 1.37 bits per heavy atom. The predicted molar refractivity (Wildman–Crippen MR) is 72.9 cm³/mol. The number of pyridine rings is 1. The smallest absolute Gasteiger partial charge is 0.272 e. The summed E-state index contributed by atoms with van der Waals surface area (Å²) in [6.07, 6.45) is 3.46. The maximum Gasteiger partial charge on any atom is 0.272 e. The average molecular weight is 260 g/mol. The zero-order valence-corrected chi connectivity index (χ0v) is 11.6. The van der Waals surface area contributed by atoms with E-state index in [0.29, 0.717) is 12.1 Å². The number of ketones is 1. The maximum atomic E-state index is 12.5. The largest absolute Gasteiger partial charge is 0.334 e. The molecule has 1 amide bonds. The summed E-state index contributed by atoms with van der Waals surface area (Å²) >= 11 is 0. The molecule has 1 aromatic heterocycles. The van der Waals surface area contributed by atoms with Crippen LogP contribution in [0.3, 0.4) is 0 Å². The van der Waals surface area contributed by atoms with E-state index in [-0.39, 0.29) is 17.7 Å². The van der Waals surface area contributed by atoms with Crippen LogP contribution in [-0.2, 0) is 4.79 Å². The highest BCUT2D eigenvalue weighted by molar-refractivity contribution is 5.93. The number of aryl methyl sites for hydroxylation is 1. The lowest BCUT2D eigenvalue weighted by Crippen LogP contribution is -2.44. The van der Waals surface area contributed by atoms with Crippen LogP contribution in [0.2, 0.25) is 0 Å². The van der Waals surface area contributed by atoms with Gasteiger partial charge in [-0.15, -0.1) is 0 Å². The minimum absolute atomic E-state index is 0.0427. The fourth-order valence-corrected chi connectivity index (χ4v) is 2.62. The van der Waals surface area contributed by atoms with Crippen molar-refractivity contribution in [3.63, 3.8) is 0 Å². The van der Waals surface area contributed by atoms with Gasteiger partial charge in [-0.1, -0.05) is 6.07 Å². The number of carbonyl (C=O) groups excluding carboxylic acids is 2. The molecule has 0 spiro atoms. The van der Waals surface area contributed by atoms with Crippen LogP contribution >= 0.6 is 0 Å². The number of nitrogens with zero attached hydrogens (tertiary/aromatic N) is 2. The van der Waals surface area contributed by atoms with Crippen LogP contribution in [0.5, 0.6) is 0 Å². The van der Waals surface area contributed by atoms with Crippen molar-refractivity contribution in [3.05, 3.63) is 29.6 Å². The van der Waals surface area contributed by atoms with Gasteiger partial charge in [0.05, 0.1) is 0 Å². The standard InChI is InChI=1S/C15H20N2O2/c1-11-6-5-8-14(16-11)15(19)17-9-4-3-7-13(17)10-12(2)18/h5-6,8,13H,3-4,7,9-10H2,1-2H3. The van der Waals surface area contributed by atoms with Crippen LogP contribution in [-0.4, -0.2) is 34.2 Å². The van der Waals surface area contributed by atoms with Gasteiger partial charge < -0.3 is 4.90 Å². The van der Waals surface area contributed by atoms with Crippen molar-refractivity contribution in [1.82, 2.24) is 9.88 Å². The third kappa shape index (κ3) is 3.40. The average Bonchev–Trinajstić information content (AvgIpc) is 2.38. The molecule has 4 nitrogen and oxygen atoms in total. The number of carbonyl (C=O) groups is 2. The second-order valence-electron chi connectivity index (χ2n) is 5.22. The van der Waals surface area contributed by atoms with Crippen LogP contribution in [0.1, 0.15) is 48.8 Å². The number of piperidine rings is 1. The van der Waals surface area contributed by atoms with Gasteiger partial charge in [-0.25, -0.2) is 4.98 Å². The van der Waals surface area contributed by atoms with Crippen molar-refractivity contribution in [2.75, 3.05) is 6.54 Å². The summed E-state index contributed by atoms with van der Waals surface area (Å²) < 4.78 is 0. The first-order valence-corrected chi connectivity index (χ1v) is 6.82. The van der Waals surface area contributed by atoms with E-state index >= 15 is 0 Å². The molecular weight excluding hydrogens is 240 g/mol. The van der Waals surface area contributed by atoms with Crippen molar-refractivity contribution in [1.29, 1.82) is 0 Å². The maximum absolute atomic E-state index is 12.5. The Kier molecular flexibility index (Phi) is 4.30. The summed E-state index contributed by atoms with van der Waals surface area (Å²) in [5.41, 5.74) is 1.32. The highest BCUT2D eigenvalue weighted by atomic mass is 16.2. The third-order valence-corrected chi connectivity index (χ3v) is 3.52. The van der Waals surface area contributed by atoms with E-state index in [4.69, 9.17) is 0 Å². The Morgan fingerprint density at radius 2 is 2.16 bits per heavy atom. The van der Waals surface area contributed by atoms with Crippen molar-refractivity contribution in [2.24, 2.45) is 0 Å². The summed E-state index contributed by atoms with van der Waals surface area (Å²) in [5.74, 6) is 0.0940. The number of rotatable bonds is 3. The van der Waals surface area contributed by atoms with E-state index in [0.717, 1.165) is 31.5 Å². The predicted octanol–water partition coefficient (Wildman–Crippen LogP) is 2.36. The summed E-state index contributed by atoms with van der Waals surface area (Å²) in [6.45, 7) is 4.19. The summed E-state index contributed by atoms with van der Waals surface area (Å²) in [4.78, 5) is 29.9. The third-order valence-electron chi connectivity index (χ3n) is 3.52. The molecule has 1 aromatic rings. The Morgan fingerprint density at radius 3 is 2.84 bits per heavy atom. The zero-order valence-electron chi connectivity index (χ0n) is 11.6.